The van der Waals surface area contributed by atoms with E-state index in [0.717, 1.165) is 12.1 Å². The zero-order valence-electron chi connectivity index (χ0n) is 15.8. The molecule has 2 atom stereocenters. The molecule has 152 valence electrons. The number of ketones is 1. The summed E-state index contributed by atoms with van der Waals surface area (Å²) in [6.45, 7) is 1.80. The van der Waals surface area contributed by atoms with E-state index in [-0.39, 0.29) is 22.9 Å². The lowest BCUT2D eigenvalue weighted by atomic mass is 9.76. The summed E-state index contributed by atoms with van der Waals surface area (Å²) in [6, 6.07) is 3.34. The van der Waals surface area contributed by atoms with E-state index in [1.165, 1.54) is 19.3 Å². The molecule has 0 radical (unpaired) electrons. The van der Waals surface area contributed by atoms with Gasteiger partial charge in [-0.3, -0.25) is 10.2 Å². The fraction of sp³-hybridized carbons (Fsp3) is 0.286. The number of alkyl halides is 3. The summed E-state index contributed by atoms with van der Waals surface area (Å²) in [7, 11) is 1.17. The molecule has 0 bridgehead atoms. The fourth-order valence-electron chi connectivity index (χ4n) is 3.30. The number of carbonyl (C=O) groups is 2. The predicted molar refractivity (Wildman–Crippen MR) is 102 cm³/mol. The molecule has 3 rings (SSSR count). The molecule has 1 aromatic carbocycles. The average molecular weight is 404 g/mol. The smallest absolute Gasteiger partial charge is 0.416 e. The molecule has 2 unspecified atom stereocenters. The lowest BCUT2D eigenvalue weighted by Gasteiger charge is -2.27. The molecule has 5 nitrogen and oxygen atoms in total. The highest BCUT2D eigenvalue weighted by Crippen LogP contribution is 2.33. The van der Waals surface area contributed by atoms with Crippen LogP contribution in [-0.4, -0.2) is 24.6 Å². The fourth-order valence-corrected chi connectivity index (χ4v) is 3.30. The Bertz CT molecular complexity index is 958. The largest absolute Gasteiger partial charge is 0.465 e. The van der Waals surface area contributed by atoms with E-state index in [1.807, 2.05) is 6.08 Å². The number of halogens is 3. The summed E-state index contributed by atoms with van der Waals surface area (Å²) < 4.78 is 43.9. The van der Waals surface area contributed by atoms with Gasteiger partial charge in [-0.2, -0.15) is 18.3 Å². The number of fused-ring (bicyclic) bond motifs is 1. The first-order chi connectivity index (χ1) is 13.8. The number of hydrazone groups is 1. The van der Waals surface area contributed by atoms with Gasteiger partial charge < -0.3 is 4.74 Å². The van der Waals surface area contributed by atoms with Crippen LogP contribution in [0.1, 0.15) is 18.1 Å². The number of anilines is 1. The van der Waals surface area contributed by atoms with Crippen molar-refractivity contribution in [3.8, 4) is 0 Å². The summed E-state index contributed by atoms with van der Waals surface area (Å²) in [5.41, 5.74) is 2.47. The van der Waals surface area contributed by atoms with Crippen LogP contribution in [-0.2, 0) is 26.9 Å². The molecule has 0 amide bonds. The predicted octanol–water partition coefficient (Wildman–Crippen LogP) is 4.08. The van der Waals surface area contributed by atoms with Crippen molar-refractivity contribution >= 4 is 23.2 Å². The minimum absolute atomic E-state index is 0.0398. The van der Waals surface area contributed by atoms with Crippen molar-refractivity contribution in [1.29, 1.82) is 0 Å². The minimum Gasteiger partial charge on any atom is -0.465 e. The van der Waals surface area contributed by atoms with Gasteiger partial charge in [0.1, 0.15) is 11.3 Å². The molecule has 0 saturated heterocycles. The normalized spacial score (nSPS) is 22.3. The number of benzene rings is 1. The van der Waals surface area contributed by atoms with Gasteiger partial charge in [0, 0.05) is 11.8 Å². The Labute approximate surface area is 165 Å². The average Bonchev–Trinajstić information content (AvgIpc) is 2.71. The van der Waals surface area contributed by atoms with Gasteiger partial charge in [0.25, 0.3) is 0 Å². The molecule has 2 aliphatic rings. The maximum Gasteiger partial charge on any atom is 0.416 e. The van der Waals surface area contributed by atoms with E-state index < -0.39 is 29.4 Å². The summed E-state index contributed by atoms with van der Waals surface area (Å²) in [4.78, 5) is 24.8. The second-order valence-electron chi connectivity index (χ2n) is 6.61. The Kier molecular flexibility index (Phi) is 5.72. The second-order valence-corrected chi connectivity index (χ2v) is 6.61. The molecule has 29 heavy (non-hydrogen) atoms. The lowest BCUT2D eigenvalue weighted by molar-refractivity contribution is -0.138. The van der Waals surface area contributed by atoms with Crippen molar-refractivity contribution in [3.63, 3.8) is 0 Å². The minimum atomic E-state index is -4.50. The molecule has 0 saturated carbocycles. The van der Waals surface area contributed by atoms with Crippen LogP contribution in [0, 0.1) is 11.8 Å². The first-order valence-corrected chi connectivity index (χ1v) is 8.99. The van der Waals surface area contributed by atoms with E-state index in [0.29, 0.717) is 12.0 Å². The summed E-state index contributed by atoms with van der Waals surface area (Å²) in [5, 5.41) is 4.13. The Morgan fingerprint density at radius 2 is 1.97 bits per heavy atom. The number of hydrogen-bond acceptors (Lipinski definition) is 5. The molecule has 0 fully saturated rings. The van der Waals surface area contributed by atoms with Gasteiger partial charge in [0.2, 0.25) is 5.78 Å². The van der Waals surface area contributed by atoms with Crippen molar-refractivity contribution < 1.29 is 27.5 Å². The molecular formula is C21H19F3N2O3. The zero-order chi connectivity index (χ0) is 21.2. The van der Waals surface area contributed by atoms with Gasteiger partial charge in [-0.25, -0.2) is 4.79 Å². The lowest BCUT2D eigenvalue weighted by Crippen LogP contribution is -2.37. The number of ether oxygens (including phenoxy) is 1. The molecule has 1 N–H and O–H groups in total. The van der Waals surface area contributed by atoms with E-state index in [1.54, 1.807) is 25.2 Å². The van der Waals surface area contributed by atoms with Gasteiger partial charge in [-0.1, -0.05) is 43.4 Å². The van der Waals surface area contributed by atoms with Crippen LogP contribution >= 0.6 is 0 Å². The van der Waals surface area contributed by atoms with Crippen LogP contribution in [0.15, 0.2) is 59.3 Å². The van der Waals surface area contributed by atoms with E-state index in [4.69, 9.17) is 0 Å². The van der Waals surface area contributed by atoms with Gasteiger partial charge in [-0.15, -0.1) is 0 Å². The number of hydrogen-bond donors (Lipinski definition) is 1. The monoisotopic (exact) mass is 404 g/mol. The molecule has 0 spiro atoms. The number of methoxy groups -OCH3 is 1. The first kappa shape index (κ1) is 20.6. The van der Waals surface area contributed by atoms with Crippen LogP contribution in [0.2, 0.25) is 0 Å². The van der Waals surface area contributed by atoms with Crippen LogP contribution in [0.4, 0.5) is 18.9 Å². The van der Waals surface area contributed by atoms with Crippen LogP contribution in [0.5, 0.6) is 0 Å². The molecule has 0 aliphatic heterocycles. The van der Waals surface area contributed by atoms with Crippen LogP contribution in [0.3, 0.4) is 0 Å². The zero-order valence-corrected chi connectivity index (χ0v) is 15.8. The van der Waals surface area contributed by atoms with Crippen molar-refractivity contribution in [2.45, 2.75) is 19.5 Å². The number of aryl methyl sites for hydroxylation is 1. The summed E-state index contributed by atoms with van der Waals surface area (Å²) in [6.07, 6.45) is 4.62. The first-order valence-electron chi connectivity index (χ1n) is 8.99. The molecule has 1 aromatic rings. The van der Waals surface area contributed by atoms with Gasteiger partial charge >= 0.3 is 12.1 Å². The highest BCUT2D eigenvalue weighted by Gasteiger charge is 2.38. The number of rotatable bonds is 4. The summed E-state index contributed by atoms with van der Waals surface area (Å²) in [5.74, 6) is -2.10. The molecule has 2 aliphatic carbocycles. The number of nitrogens with zero attached hydrogens (tertiary/aromatic N) is 1. The highest BCUT2D eigenvalue weighted by molar-refractivity contribution is 6.52. The standard InChI is InChI=1S/C21H19F3N2O3/c1-3-12-8-9-14(21(22,23)24)11-17(12)25-26-18-15-7-5-4-6-13(15)10-16(19(18)27)20(28)29-2/h4-11,13,15,25H,3H2,1-2H3/b26-18-. The van der Waals surface area contributed by atoms with E-state index in [2.05, 4.69) is 15.3 Å². The van der Waals surface area contributed by atoms with Crippen molar-refractivity contribution in [1.82, 2.24) is 0 Å². The van der Waals surface area contributed by atoms with Crippen molar-refractivity contribution in [2.24, 2.45) is 16.9 Å². The summed E-state index contributed by atoms with van der Waals surface area (Å²) >= 11 is 0. The Morgan fingerprint density at radius 3 is 2.62 bits per heavy atom. The number of allylic oxidation sites excluding steroid dienone is 5. The van der Waals surface area contributed by atoms with Gasteiger partial charge in [0.05, 0.1) is 18.4 Å². The van der Waals surface area contributed by atoms with E-state index in [9.17, 15) is 22.8 Å². The third kappa shape index (κ3) is 4.16. The number of carbonyl (C=O) groups excluding carboxylic acids is 2. The molecule has 8 heteroatoms. The SMILES string of the molecule is CCc1ccc(C(F)(F)F)cc1N/N=C1\C(=O)C(C(=O)OC)=CC2C=CC=CC12. The van der Waals surface area contributed by atoms with Gasteiger partial charge in [-0.05, 0) is 24.1 Å². The van der Waals surface area contributed by atoms with Gasteiger partial charge in [0.15, 0.2) is 0 Å². The van der Waals surface area contributed by atoms with Crippen LogP contribution < -0.4 is 5.43 Å². The molecule has 0 aromatic heterocycles. The molecular weight excluding hydrogens is 385 g/mol. The third-order valence-electron chi connectivity index (χ3n) is 4.85. The Hall–Kier alpha value is -3.16. The maximum absolute atomic E-state index is 13.1. The maximum atomic E-state index is 13.1. The van der Waals surface area contributed by atoms with Crippen LogP contribution in [0.25, 0.3) is 0 Å². The topological polar surface area (TPSA) is 67.8 Å². The van der Waals surface area contributed by atoms with E-state index >= 15 is 0 Å². The quantitative estimate of drug-likeness (QED) is 0.467. The number of nitrogens with one attached hydrogen (secondary N) is 1. The van der Waals surface area contributed by atoms with Crippen molar-refractivity contribution in [2.75, 3.05) is 12.5 Å². The highest BCUT2D eigenvalue weighted by atomic mass is 19.4. The molecule has 0 heterocycles. The Balaban J connectivity index is 2.00. The third-order valence-corrected chi connectivity index (χ3v) is 4.85. The Morgan fingerprint density at radius 1 is 1.24 bits per heavy atom. The van der Waals surface area contributed by atoms with Crippen molar-refractivity contribution in [3.05, 3.63) is 65.3 Å². The number of Topliss-reactive ketones (excluding diaryl/α,β-unsaturated/α-hetero) is 1. The second kappa shape index (κ2) is 8.06. The number of esters is 1.